The summed E-state index contributed by atoms with van der Waals surface area (Å²) < 4.78 is 34.0. The Bertz CT molecular complexity index is 209. The van der Waals surface area contributed by atoms with E-state index in [0.29, 0.717) is 5.82 Å². The molecule has 0 aromatic carbocycles. The first-order chi connectivity index (χ1) is 5.29. The summed E-state index contributed by atoms with van der Waals surface area (Å²) in [4.78, 5) is 1.05. The monoisotopic (exact) mass is 199 g/mol. The minimum Gasteiger partial charge on any atom is -0.229 e. The van der Waals surface area contributed by atoms with Gasteiger partial charge in [-0.3, -0.25) is 0 Å². The van der Waals surface area contributed by atoms with Crippen LogP contribution >= 0.6 is 0 Å². The van der Waals surface area contributed by atoms with Gasteiger partial charge in [0.25, 0.3) is 0 Å². The molecule has 0 amide bonds. The van der Waals surface area contributed by atoms with Crippen LogP contribution in [-0.2, 0) is 0 Å². The zero-order chi connectivity index (χ0) is 9.78. The molecule has 0 atom stereocenters. The van der Waals surface area contributed by atoms with Crippen LogP contribution in [0.2, 0.25) is 0 Å². The summed E-state index contributed by atoms with van der Waals surface area (Å²) in [5.41, 5.74) is 0. The highest BCUT2D eigenvalue weighted by Crippen LogP contribution is 1.66. The Morgan fingerprint density at radius 1 is 1.42 bits per heavy atom. The molecule has 0 bridgehead atoms. The molecular formula is C2H6ClN5O4. The van der Waals surface area contributed by atoms with Gasteiger partial charge >= 0.3 is 5.82 Å². The summed E-state index contributed by atoms with van der Waals surface area (Å²) in [5, 5.41) is 9.66. The first-order valence-corrected chi connectivity index (χ1v) is 3.70. The summed E-state index contributed by atoms with van der Waals surface area (Å²) in [6.07, 6.45) is 0. The Kier molecular flexibility index (Phi) is 3.79. The molecule has 3 N–H and O–H groups in total. The van der Waals surface area contributed by atoms with E-state index < -0.39 is 10.2 Å². The first-order valence-electron chi connectivity index (χ1n) is 2.47. The number of halogens is 1. The molecule has 0 aliphatic carbocycles. The molecule has 10 heteroatoms. The van der Waals surface area contributed by atoms with Crippen molar-refractivity contribution in [2.24, 2.45) is 0 Å². The van der Waals surface area contributed by atoms with Crippen molar-refractivity contribution in [2.75, 3.05) is 5.84 Å². The van der Waals surface area contributed by atoms with Crippen molar-refractivity contribution in [1.29, 1.82) is 0 Å². The lowest BCUT2D eigenvalue weighted by Crippen LogP contribution is -2.68. The highest BCUT2D eigenvalue weighted by atomic mass is 35.7. The average molecular weight is 200 g/mol. The lowest BCUT2D eigenvalue weighted by atomic mass is 10.8. The van der Waals surface area contributed by atoms with Crippen molar-refractivity contribution < 1.29 is 33.8 Å². The summed E-state index contributed by atoms with van der Waals surface area (Å²) >= 11 is 0. The fourth-order valence-electron chi connectivity index (χ4n) is 0.324. The third kappa shape index (κ3) is 9.00. The Balaban J connectivity index is 0.000000217. The Labute approximate surface area is 68.7 Å². The number of nitrogens with two attached hydrogens (primary N) is 1. The Morgan fingerprint density at radius 2 is 1.83 bits per heavy atom. The zero-order valence-electron chi connectivity index (χ0n) is 5.93. The van der Waals surface area contributed by atoms with E-state index in [1.807, 2.05) is 0 Å². The van der Waals surface area contributed by atoms with Crippen LogP contribution in [0, 0.1) is 17.2 Å². The minimum absolute atomic E-state index is 0.641. The van der Waals surface area contributed by atoms with Crippen molar-refractivity contribution in [3.05, 3.63) is 5.82 Å². The van der Waals surface area contributed by atoms with Crippen molar-refractivity contribution >= 4 is 0 Å². The second kappa shape index (κ2) is 4.13. The standard InChI is InChI=1S/C2H5N5.ClHO4/c1-2-4-6-7(3)5-2;2-1(3,4)5/h3H2,1H3;(H,2,3,4,5). The fourth-order valence-corrected chi connectivity index (χ4v) is 0.324. The average Bonchev–Trinajstić information content (AvgIpc) is 2.09. The van der Waals surface area contributed by atoms with Gasteiger partial charge in [-0.25, -0.2) is 24.5 Å². The van der Waals surface area contributed by atoms with E-state index in [9.17, 15) is 0 Å². The van der Waals surface area contributed by atoms with Crippen LogP contribution in [0.15, 0.2) is 0 Å². The molecule has 0 aliphatic heterocycles. The maximum Gasteiger partial charge on any atom is 0.308 e. The number of nitrogen functional groups attached to an aromatic ring is 1. The van der Waals surface area contributed by atoms with Gasteiger partial charge in [0.05, 0.1) is 5.10 Å². The smallest absolute Gasteiger partial charge is 0.229 e. The summed E-state index contributed by atoms with van der Waals surface area (Å²) in [5.74, 6) is 5.71. The SMILES string of the molecule is Cc1n[nH][n+](N)n1.[O-][Cl+3]([O-])([O-])[O-]. The van der Waals surface area contributed by atoms with E-state index in [4.69, 9.17) is 24.5 Å². The van der Waals surface area contributed by atoms with Crippen molar-refractivity contribution in [3.8, 4) is 0 Å². The van der Waals surface area contributed by atoms with Gasteiger partial charge in [-0.2, -0.15) is 0 Å². The van der Waals surface area contributed by atoms with E-state index in [1.165, 1.54) is 0 Å². The Morgan fingerprint density at radius 3 is 1.92 bits per heavy atom. The molecule has 0 fully saturated rings. The molecule has 0 saturated heterocycles. The number of aromatic amines is 1. The van der Waals surface area contributed by atoms with Gasteiger partial charge in [-0.15, -0.1) is 10.2 Å². The second-order valence-corrected chi connectivity index (χ2v) is 2.34. The number of hydrogen-bond donors (Lipinski definition) is 2. The number of aromatic nitrogens is 4. The summed E-state index contributed by atoms with van der Waals surface area (Å²) in [6.45, 7) is 1.75. The van der Waals surface area contributed by atoms with E-state index in [-0.39, 0.29) is 0 Å². The maximum atomic E-state index is 8.49. The molecule has 1 aromatic heterocycles. The van der Waals surface area contributed by atoms with Crippen LogP contribution in [-0.4, -0.2) is 15.4 Å². The predicted molar refractivity (Wildman–Crippen MR) is 21.5 cm³/mol. The number of hydrogen-bond acceptors (Lipinski definition) is 7. The lowest BCUT2D eigenvalue weighted by Gasteiger charge is -2.17. The molecule has 1 heterocycles. The maximum absolute atomic E-state index is 8.49. The molecule has 1 rings (SSSR count). The largest absolute Gasteiger partial charge is 0.308 e. The third-order valence-electron chi connectivity index (χ3n) is 0.567. The topological polar surface area (TPSA) is 164 Å². The molecule has 12 heavy (non-hydrogen) atoms. The molecule has 0 aliphatic rings. The van der Waals surface area contributed by atoms with Crippen molar-refractivity contribution in [1.82, 2.24) is 15.4 Å². The number of nitrogens with one attached hydrogen (secondary N) is 1. The van der Waals surface area contributed by atoms with Gasteiger partial charge in [-0.1, -0.05) is 0 Å². The van der Waals surface area contributed by atoms with Gasteiger partial charge in [-0.05, 0) is 5.21 Å². The van der Waals surface area contributed by atoms with Crippen LogP contribution in [0.1, 0.15) is 5.82 Å². The summed E-state index contributed by atoms with van der Waals surface area (Å²) in [7, 11) is -4.94. The fraction of sp³-hybridized carbons (Fsp3) is 0.500. The normalized spacial score (nSPS) is 10.4. The van der Waals surface area contributed by atoms with Gasteiger partial charge in [0, 0.05) is 16.9 Å². The molecule has 0 spiro atoms. The van der Waals surface area contributed by atoms with Crippen LogP contribution < -0.4 is 29.4 Å². The zero-order valence-corrected chi connectivity index (χ0v) is 6.69. The number of rotatable bonds is 0. The van der Waals surface area contributed by atoms with E-state index in [1.54, 1.807) is 6.92 Å². The quantitative estimate of drug-likeness (QED) is 0.310. The molecule has 1 aromatic rings. The molecule has 0 saturated carbocycles. The van der Waals surface area contributed by atoms with E-state index >= 15 is 0 Å². The molecule has 9 nitrogen and oxygen atoms in total. The van der Waals surface area contributed by atoms with Gasteiger partial charge in [0.2, 0.25) is 0 Å². The highest BCUT2D eigenvalue weighted by Gasteiger charge is 1.97. The van der Waals surface area contributed by atoms with Gasteiger partial charge < -0.3 is 0 Å². The van der Waals surface area contributed by atoms with Crippen molar-refractivity contribution in [3.63, 3.8) is 0 Å². The van der Waals surface area contributed by atoms with Crippen LogP contribution in [0.4, 0.5) is 0 Å². The highest BCUT2D eigenvalue weighted by molar-refractivity contribution is 4.61. The van der Waals surface area contributed by atoms with Crippen LogP contribution in [0.3, 0.4) is 0 Å². The Hall–Kier alpha value is -1.00. The van der Waals surface area contributed by atoms with E-state index in [2.05, 4.69) is 15.4 Å². The number of nitrogens with zero attached hydrogens (tertiary/aromatic N) is 3. The van der Waals surface area contributed by atoms with Crippen LogP contribution in [0.5, 0.6) is 0 Å². The molecule has 70 valence electrons. The first kappa shape index (κ1) is 11.0. The second-order valence-electron chi connectivity index (χ2n) is 1.58. The van der Waals surface area contributed by atoms with E-state index in [0.717, 1.165) is 4.91 Å². The minimum atomic E-state index is -4.94. The third-order valence-corrected chi connectivity index (χ3v) is 0.567. The predicted octanol–water partition coefficient (Wildman–Crippen LogP) is -6.64. The lowest BCUT2D eigenvalue weighted by molar-refractivity contribution is -2.00. The molecular weight excluding hydrogens is 194 g/mol. The number of H-pyrrole nitrogens is 1. The van der Waals surface area contributed by atoms with Crippen molar-refractivity contribution in [2.45, 2.75) is 6.92 Å². The van der Waals surface area contributed by atoms with Gasteiger partial charge in [0.15, 0.2) is 0 Å². The number of tetrazole rings is 1. The van der Waals surface area contributed by atoms with Gasteiger partial charge in [0.1, 0.15) is 0 Å². The molecule has 0 radical (unpaired) electrons. The molecule has 0 unspecified atom stereocenters. The summed E-state index contributed by atoms with van der Waals surface area (Å²) in [6, 6.07) is 0. The number of aryl methyl sites for hydroxylation is 1. The van der Waals surface area contributed by atoms with Crippen LogP contribution in [0.25, 0.3) is 0 Å².